The Hall–Kier alpha value is -3.61. The van der Waals surface area contributed by atoms with E-state index in [0.717, 1.165) is 28.9 Å². The van der Waals surface area contributed by atoms with E-state index >= 15 is 0 Å². The molecule has 168 valence electrons. The van der Waals surface area contributed by atoms with Gasteiger partial charge >= 0.3 is 5.97 Å². The summed E-state index contributed by atoms with van der Waals surface area (Å²) in [4.78, 5) is 26.2. The number of carbonyl (C=O) groups is 2. The van der Waals surface area contributed by atoms with Crippen molar-refractivity contribution < 1.29 is 14.7 Å². The SMILES string of the molecule is CN(C)Cc1cccc(N/C(=C2\C(=O)Nc3cc(Cl)ccc32)c2ccc(CC(=O)O)cc2)c1. The smallest absolute Gasteiger partial charge is 0.307 e. The molecule has 1 heterocycles. The Morgan fingerprint density at radius 3 is 2.48 bits per heavy atom. The van der Waals surface area contributed by atoms with Crippen LogP contribution in [0.5, 0.6) is 0 Å². The minimum Gasteiger partial charge on any atom is -0.481 e. The molecule has 3 aromatic rings. The summed E-state index contributed by atoms with van der Waals surface area (Å²) in [7, 11) is 4.02. The van der Waals surface area contributed by atoms with Crippen molar-refractivity contribution >= 4 is 46.1 Å². The normalized spacial score (nSPS) is 14.1. The summed E-state index contributed by atoms with van der Waals surface area (Å²) in [5.41, 5.74) is 6.00. The van der Waals surface area contributed by atoms with Gasteiger partial charge in [-0.15, -0.1) is 0 Å². The van der Waals surface area contributed by atoms with Crippen molar-refractivity contribution in [1.29, 1.82) is 0 Å². The second-order valence-electron chi connectivity index (χ2n) is 8.22. The van der Waals surface area contributed by atoms with Crippen LogP contribution < -0.4 is 10.6 Å². The molecule has 0 aliphatic carbocycles. The van der Waals surface area contributed by atoms with Crippen LogP contribution in [0.2, 0.25) is 5.02 Å². The fraction of sp³-hybridized carbons (Fsp3) is 0.154. The fourth-order valence-electron chi connectivity index (χ4n) is 3.89. The lowest BCUT2D eigenvalue weighted by Crippen LogP contribution is -2.12. The zero-order valence-corrected chi connectivity index (χ0v) is 19.1. The molecule has 33 heavy (non-hydrogen) atoms. The van der Waals surface area contributed by atoms with Crippen LogP contribution >= 0.6 is 11.6 Å². The summed E-state index contributed by atoms with van der Waals surface area (Å²) in [5.74, 6) is -1.12. The zero-order valence-electron chi connectivity index (χ0n) is 18.4. The topological polar surface area (TPSA) is 81.7 Å². The van der Waals surface area contributed by atoms with E-state index in [4.69, 9.17) is 16.7 Å². The lowest BCUT2D eigenvalue weighted by atomic mass is 9.98. The highest BCUT2D eigenvalue weighted by Gasteiger charge is 2.28. The first-order chi connectivity index (χ1) is 15.8. The summed E-state index contributed by atoms with van der Waals surface area (Å²) in [6.07, 6.45) is -0.0615. The van der Waals surface area contributed by atoms with Crippen LogP contribution in [-0.4, -0.2) is 36.0 Å². The van der Waals surface area contributed by atoms with E-state index in [1.807, 2.05) is 44.4 Å². The van der Waals surface area contributed by atoms with Gasteiger partial charge in [-0.1, -0.05) is 54.1 Å². The molecular formula is C26H24ClN3O3. The molecule has 0 saturated carbocycles. The molecule has 6 nitrogen and oxygen atoms in total. The van der Waals surface area contributed by atoms with Gasteiger partial charge in [0.1, 0.15) is 0 Å². The van der Waals surface area contributed by atoms with Gasteiger partial charge in [0.15, 0.2) is 0 Å². The highest BCUT2D eigenvalue weighted by atomic mass is 35.5. The largest absolute Gasteiger partial charge is 0.481 e. The molecule has 0 atom stereocenters. The zero-order chi connectivity index (χ0) is 23.5. The van der Waals surface area contributed by atoms with E-state index in [1.165, 1.54) is 0 Å². The summed E-state index contributed by atoms with van der Waals surface area (Å²) in [5, 5.41) is 16.0. The molecule has 0 unspecified atom stereocenters. The van der Waals surface area contributed by atoms with Gasteiger partial charge in [-0.2, -0.15) is 0 Å². The maximum absolute atomic E-state index is 13.0. The van der Waals surface area contributed by atoms with Crippen molar-refractivity contribution in [1.82, 2.24) is 4.90 Å². The molecule has 3 N–H and O–H groups in total. The van der Waals surface area contributed by atoms with Gasteiger partial charge in [0.25, 0.3) is 5.91 Å². The molecule has 1 amide bonds. The molecule has 7 heteroatoms. The molecule has 1 aliphatic rings. The first-order valence-corrected chi connectivity index (χ1v) is 10.9. The van der Waals surface area contributed by atoms with Crippen LogP contribution in [0.3, 0.4) is 0 Å². The molecule has 0 aromatic heterocycles. The predicted octanol–water partition coefficient (Wildman–Crippen LogP) is 4.96. The molecule has 0 radical (unpaired) electrons. The van der Waals surface area contributed by atoms with E-state index in [9.17, 15) is 9.59 Å². The average Bonchev–Trinajstić information content (AvgIpc) is 3.06. The molecule has 0 saturated heterocycles. The minimum atomic E-state index is -0.891. The van der Waals surface area contributed by atoms with E-state index in [0.29, 0.717) is 27.5 Å². The third-order valence-corrected chi connectivity index (χ3v) is 5.50. The number of benzene rings is 3. The van der Waals surface area contributed by atoms with Gasteiger partial charge in [-0.3, -0.25) is 9.59 Å². The van der Waals surface area contributed by atoms with E-state index in [-0.39, 0.29) is 12.3 Å². The molecule has 0 fully saturated rings. The van der Waals surface area contributed by atoms with Crippen molar-refractivity contribution in [3.05, 3.63) is 94.0 Å². The number of hydrogen-bond acceptors (Lipinski definition) is 4. The Balaban J connectivity index is 1.81. The van der Waals surface area contributed by atoms with Gasteiger partial charge in [0.2, 0.25) is 0 Å². The number of carbonyl (C=O) groups excluding carboxylic acids is 1. The summed E-state index contributed by atoms with van der Waals surface area (Å²) < 4.78 is 0. The summed E-state index contributed by atoms with van der Waals surface area (Å²) >= 11 is 6.13. The van der Waals surface area contributed by atoms with Crippen LogP contribution in [0.1, 0.15) is 22.3 Å². The lowest BCUT2D eigenvalue weighted by molar-refractivity contribution is -0.136. The van der Waals surface area contributed by atoms with Gasteiger partial charge < -0.3 is 20.6 Å². The highest BCUT2D eigenvalue weighted by Crippen LogP contribution is 2.38. The third-order valence-electron chi connectivity index (χ3n) is 5.27. The van der Waals surface area contributed by atoms with E-state index < -0.39 is 5.97 Å². The van der Waals surface area contributed by atoms with E-state index in [1.54, 1.807) is 24.3 Å². The van der Waals surface area contributed by atoms with Crippen LogP contribution in [0.15, 0.2) is 66.7 Å². The van der Waals surface area contributed by atoms with Gasteiger partial charge in [0.05, 0.1) is 23.4 Å². The van der Waals surface area contributed by atoms with Crippen LogP contribution in [-0.2, 0) is 22.6 Å². The Morgan fingerprint density at radius 2 is 1.79 bits per heavy atom. The Kier molecular flexibility index (Phi) is 6.49. The second-order valence-corrected chi connectivity index (χ2v) is 8.66. The molecule has 3 aromatic carbocycles. The Morgan fingerprint density at radius 1 is 1.03 bits per heavy atom. The second kappa shape index (κ2) is 9.48. The monoisotopic (exact) mass is 461 g/mol. The lowest BCUT2D eigenvalue weighted by Gasteiger charge is -2.17. The number of aliphatic carboxylic acids is 1. The number of amides is 1. The maximum atomic E-state index is 13.0. The third kappa shape index (κ3) is 5.25. The molecule has 0 spiro atoms. The quantitative estimate of drug-likeness (QED) is 0.433. The predicted molar refractivity (Wildman–Crippen MR) is 132 cm³/mol. The van der Waals surface area contributed by atoms with Gasteiger partial charge in [0, 0.05) is 22.8 Å². The number of carboxylic acid groups (broad SMARTS) is 1. The van der Waals surface area contributed by atoms with Crippen LogP contribution in [0.4, 0.5) is 11.4 Å². The molecule has 1 aliphatic heterocycles. The number of halogens is 1. The summed E-state index contributed by atoms with van der Waals surface area (Å²) in [6, 6.07) is 20.5. The number of nitrogens with zero attached hydrogens (tertiary/aromatic N) is 1. The van der Waals surface area contributed by atoms with Crippen LogP contribution in [0.25, 0.3) is 11.3 Å². The number of hydrogen-bond donors (Lipinski definition) is 3. The maximum Gasteiger partial charge on any atom is 0.307 e. The Labute approximate surface area is 197 Å². The van der Waals surface area contributed by atoms with Crippen molar-refractivity contribution in [2.75, 3.05) is 24.7 Å². The van der Waals surface area contributed by atoms with Gasteiger partial charge in [-0.25, -0.2) is 0 Å². The van der Waals surface area contributed by atoms with Crippen LogP contribution in [0, 0.1) is 0 Å². The fourth-order valence-corrected chi connectivity index (χ4v) is 4.07. The van der Waals surface area contributed by atoms with Crippen molar-refractivity contribution in [3.63, 3.8) is 0 Å². The number of carboxylic acids is 1. The van der Waals surface area contributed by atoms with Crippen molar-refractivity contribution in [2.45, 2.75) is 13.0 Å². The number of fused-ring (bicyclic) bond motifs is 1. The standard InChI is InChI=1S/C26H24ClN3O3/c1-30(2)15-17-4-3-5-20(12-17)28-25(18-8-6-16(7-9-18)13-23(31)32)24-21-11-10-19(27)14-22(21)29-26(24)33/h3-12,14,28H,13,15H2,1-2H3,(H,29,33)(H,31,32)/b25-24-. The average molecular weight is 462 g/mol. The first kappa shape index (κ1) is 22.6. The number of rotatable bonds is 7. The molecule has 4 rings (SSSR count). The minimum absolute atomic E-state index is 0.0615. The summed E-state index contributed by atoms with van der Waals surface area (Å²) in [6.45, 7) is 0.785. The van der Waals surface area contributed by atoms with Crippen molar-refractivity contribution in [2.24, 2.45) is 0 Å². The molecular weight excluding hydrogens is 438 g/mol. The number of anilines is 2. The van der Waals surface area contributed by atoms with Gasteiger partial charge in [-0.05, 0) is 55.1 Å². The Bertz CT molecular complexity index is 1250. The number of nitrogens with one attached hydrogen (secondary N) is 2. The molecule has 0 bridgehead atoms. The van der Waals surface area contributed by atoms with Crippen molar-refractivity contribution in [3.8, 4) is 0 Å². The highest BCUT2D eigenvalue weighted by molar-refractivity contribution is 6.38. The first-order valence-electron chi connectivity index (χ1n) is 10.5. The van der Waals surface area contributed by atoms with E-state index in [2.05, 4.69) is 27.7 Å².